The minimum Gasteiger partial charge on any atom is -0.493 e. The fourth-order valence-electron chi connectivity index (χ4n) is 6.36. The van der Waals surface area contributed by atoms with Crippen molar-refractivity contribution < 1.29 is 14.3 Å². The zero-order valence-corrected chi connectivity index (χ0v) is 26.0. The maximum absolute atomic E-state index is 14.5. The zero-order chi connectivity index (χ0) is 30.1. The largest absolute Gasteiger partial charge is 0.493 e. The lowest BCUT2D eigenvalue weighted by molar-refractivity contribution is -0.132. The van der Waals surface area contributed by atoms with Crippen LogP contribution in [-0.4, -0.2) is 59.4 Å². The molecule has 6 rings (SSSR count). The minimum atomic E-state index is -0.211. The number of rotatable bonds is 9. The van der Waals surface area contributed by atoms with E-state index in [4.69, 9.17) is 16.3 Å². The maximum Gasteiger partial charge on any atom is 0.252 e. The van der Waals surface area contributed by atoms with Crippen LogP contribution in [0.25, 0.3) is 5.57 Å². The molecule has 0 unspecified atom stereocenters. The number of amides is 2. The summed E-state index contributed by atoms with van der Waals surface area (Å²) in [6.07, 6.45) is 3.49. The minimum absolute atomic E-state index is 0.0461. The van der Waals surface area contributed by atoms with E-state index in [1.165, 1.54) is 11.1 Å². The van der Waals surface area contributed by atoms with Gasteiger partial charge in [0.15, 0.2) is 0 Å². The van der Waals surface area contributed by atoms with E-state index in [0.717, 1.165) is 52.8 Å². The molecule has 2 aliphatic heterocycles. The van der Waals surface area contributed by atoms with Crippen LogP contribution in [0.1, 0.15) is 54.0 Å². The van der Waals surface area contributed by atoms with Crippen LogP contribution in [-0.2, 0) is 22.6 Å². The van der Waals surface area contributed by atoms with E-state index in [2.05, 4.69) is 61.6 Å². The summed E-state index contributed by atoms with van der Waals surface area (Å²) in [6, 6.07) is 22.7. The van der Waals surface area contributed by atoms with Crippen LogP contribution in [0, 0.1) is 13.8 Å². The average molecular weight is 598 g/mol. The number of piperazine rings is 1. The molecule has 1 aliphatic carbocycles. The molecule has 2 bridgehead atoms. The SMILES string of the molecule is CC(=O)N1C[C@H]2CC(c3ccc(CCOc4cc(C)ccc4C)cc3)=C(C(=O)N(Cc3ccccc3Cl)C3CC3)[C@@H](C1)N2. The van der Waals surface area contributed by atoms with E-state index in [9.17, 15) is 9.59 Å². The predicted molar refractivity (Wildman–Crippen MR) is 171 cm³/mol. The Labute approximate surface area is 259 Å². The lowest BCUT2D eigenvalue weighted by Crippen LogP contribution is -2.61. The number of nitrogens with one attached hydrogen (secondary N) is 1. The molecule has 224 valence electrons. The number of halogens is 1. The second-order valence-corrected chi connectivity index (χ2v) is 12.7. The van der Waals surface area contributed by atoms with Crippen molar-refractivity contribution in [2.24, 2.45) is 0 Å². The number of ether oxygens (including phenoxy) is 1. The highest BCUT2D eigenvalue weighted by atomic mass is 35.5. The molecule has 3 aliphatic rings. The summed E-state index contributed by atoms with van der Waals surface area (Å²) in [6.45, 7) is 7.98. The Balaban J connectivity index is 1.27. The smallest absolute Gasteiger partial charge is 0.252 e. The third kappa shape index (κ3) is 6.66. The van der Waals surface area contributed by atoms with E-state index in [1.807, 2.05) is 34.1 Å². The number of nitrogens with zero attached hydrogens (tertiary/aromatic N) is 2. The molecule has 2 amide bonds. The van der Waals surface area contributed by atoms with E-state index < -0.39 is 0 Å². The summed E-state index contributed by atoms with van der Waals surface area (Å²) in [4.78, 5) is 30.8. The van der Waals surface area contributed by atoms with Crippen molar-refractivity contribution in [3.8, 4) is 5.75 Å². The highest BCUT2D eigenvalue weighted by molar-refractivity contribution is 6.31. The summed E-state index contributed by atoms with van der Waals surface area (Å²) in [5.41, 5.74) is 7.42. The predicted octanol–water partition coefficient (Wildman–Crippen LogP) is 6.12. The Kier molecular flexibility index (Phi) is 8.60. The van der Waals surface area contributed by atoms with E-state index in [-0.39, 0.29) is 29.9 Å². The summed E-state index contributed by atoms with van der Waals surface area (Å²) in [5, 5.41) is 4.35. The monoisotopic (exact) mass is 597 g/mol. The summed E-state index contributed by atoms with van der Waals surface area (Å²) in [7, 11) is 0. The lowest BCUT2D eigenvalue weighted by Gasteiger charge is -2.44. The van der Waals surface area contributed by atoms with Crippen molar-refractivity contribution in [2.75, 3.05) is 19.7 Å². The molecule has 1 saturated heterocycles. The van der Waals surface area contributed by atoms with Crippen LogP contribution < -0.4 is 10.1 Å². The molecular formula is C36H40ClN3O3. The summed E-state index contributed by atoms with van der Waals surface area (Å²) >= 11 is 6.53. The number of hydrogen-bond donors (Lipinski definition) is 1. The molecule has 0 spiro atoms. The molecule has 6 nitrogen and oxygen atoms in total. The quantitative estimate of drug-likeness (QED) is 0.323. The molecule has 0 aromatic heterocycles. The molecular weight excluding hydrogens is 558 g/mol. The Hall–Kier alpha value is -3.61. The van der Waals surface area contributed by atoms with Gasteiger partial charge in [-0.1, -0.05) is 66.2 Å². The van der Waals surface area contributed by atoms with Crippen LogP contribution in [0.2, 0.25) is 5.02 Å². The van der Waals surface area contributed by atoms with Gasteiger partial charge in [0.1, 0.15) is 5.75 Å². The Bertz CT molecular complexity index is 1550. The standard InChI is InChI=1S/C36H40ClN3O3/c1-23-8-9-24(2)34(18-23)43-17-16-26-10-12-27(13-11-26)31-19-29-21-39(25(3)41)22-33(38-29)35(31)36(42)40(30-14-15-30)20-28-6-4-5-7-32(28)37/h4-13,18,29-30,33,38H,14-17,19-22H2,1-3H3/t29-,33-/m1/s1. The van der Waals surface area contributed by atoms with Gasteiger partial charge < -0.3 is 19.9 Å². The van der Waals surface area contributed by atoms with Crippen molar-refractivity contribution in [1.82, 2.24) is 15.1 Å². The Morgan fingerprint density at radius 2 is 1.79 bits per heavy atom. The van der Waals surface area contributed by atoms with E-state index in [0.29, 0.717) is 37.7 Å². The van der Waals surface area contributed by atoms with E-state index >= 15 is 0 Å². The van der Waals surface area contributed by atoms with Crippen LogP contribution in [0.3, 0.4) is 0 Å². The molecule has 2 heterocycles. The van der Waals surface area contributed by atoms with Gasteiger partial charge in [-0.05, 0) is 78.6 Å². The summed E-state index contributed by atoms with van der Waals surface area (Å²) < 4.78 is 6.10. The van der Waals surface area contributed by atoms with Gasteiger partial charge in [-0.25, -0.2) is 0 Å². The third-order valence-electron chi connectivity index (χ3n) is 8.92. The lowest BCUT2D eigenvalue weighted by atomic mass is 9.82. The second kappa shape index (κ2) is 12.6. The molecule has 2 atom stereocenters. The van der Waals surface area contributed by atoms with Gasteiger partial charge in [0.05, 0.1) is 12.6 Å². The number of carbonyl (C=O) groups excluding carboxylic acids is 2. The fraction of sp³-hybridized carbons (Fsp3) is 0.389. The van der Waals surface area contributed by atoms with Crippen molar-refractivity contribution in [2.45, 2.75) is 71.1 Å². The number of aryl methyl sites for hydroxylation is 2. The van der Waals surface area contributed by atoms with Gasteiger partial charge in [-0.15, -0.1) is 0 Å². The molecule has 3 aromatic rings. The first-order chi connectivity index (χ1) is 20.8. The molecule has 1 N–H and O–H groups in total. The number of benzene rings is 3. The molecule has 2 fully saturated rings. The molecule has 7 heteroatoms. The van der Waals surface area contributed by atoms with Gasteiger partial charge in [0, 0.05) is 55.7 Å². The first-order valence-corrected chi connectivity index (χ1v) is 15.7. The Morgan fingerprint density at radius 1 is 1.02 bits per heavy atom. The van der Waals surface area contributed by atoms with Crippen LogP contribution in [0.15, 0.2) is 72.3 Å². The van der Waals surface area contributed by atoms with Crippen LogP contribution in [0.5, 0.6) is 5.75 Å². The van der Waals surface area contributed by atoms with Crippen molar-refractivity contribution >= 4 is 29.0 Å². The number of carbonyl (C=O) groups is 2. The molecule has 43 heavy (non-hydrogen) atoms. The van der Waals surface area contributed by atoms with Crippen molar-refractivity contribution in [3.63, 3.8) is 0 Å². The van der Waals surface area contributed by atoms with Crippen molar-refractivity contribution in [1.29, 1.82) is 0 Å². The summed E-state index contributed by atoms with van der Waals surface area (Å²) in [5.74, 6) is 1.03. The first kappa shape index (κ1) is 29.5. The van der Waals surface area contributed by atoms with Crippen LogP contribution >= 0.6 is 11.6 Å². The van der Waals surface area contributed by atoms with Gasteiger partial charge in [0.2, 0.25) is 5.91 Å². The van der Waals surface area contributed by atoms with Gasteiger partial charge in [-0.3, -0.25) is 9.59 Å². The zero-order valence-electron chi connectivity index (χ0n) is 25.2. The topological polar surface area (TPSA) is 61.9 Å². The molecule has 3 aromatic carbocycles. The second-order valence-electron chi connectivity index (χ2n) is 12.3. The van der Waals surface area contributed by atoms with E-state index in [1.54, 1.807) is 6.92 Å². The molecule has 1 saturated carbocycles. The first-order valence-electron chi connectivity index (χ1n) is 15.3. The van der Waals surface area contributed by atoms with Gasteiger partial charge in [0.25, 0.3) is 5.91 Å². The fourth-order valence-corrected chi connectivity index (χ4v) is 6.55. The third-order valence-corrected chi connectivity index (χ3v) is 9.29. The molecule has 0 radical (unpaired) electrons. The Morgan fingerprint density at radius 3 is 2.51 bits per heavy atom. The van der Waals surface area contributed by atoms with Crippen molar-refractivity contribution in [3.05, 3.63) is 105 Å². The van der Waals surface area contributed by atoms with Crippen LogP contribution in [0.4, 0.5) is 0 Å². The average Bonchev–Trinajstić information content (AvgIpc) is 3.83. The van der Waals surface area contributed by atoms with Gasteiger partial charge in [-0.2, -0.15) is 0 Å². The normalized spacial score (nSPS) is 19.8. The maximum atomic E-state index is 14.5. The van der Waals surface area contributed by atoms with Gasteiger partial charge >= 0.3 is 0 Å². The number of fused-ring (bicyclic) bond motifs is 2. The highest BCUT2D eigenvalue weighted by Gasteiger charge is 2.43. The number of hydrogen-bond acceptors (Lipinski definition) is 4. The highest BCUT2D eigenvalue weighted by Crippen LogP contribution is 2.38.